The summed E-state index contributed by atoms with van der Waals surface area (Å²) in [6.45, 7) is 4.37. The lowest BCUT2D eigenvalue weighted by Gasteiger charge is -2.36. The van der Waals surface area contributed by atoms with Crippen LogP contribution in [0.5, 0.6) is 0 Å². The van der Waals surface area contributed by atoms with Crippen molar-refractivity contribution < 1.29 is 18.0 Å². The number of hydrogen-bond donors (Lipinski definition) is 1. The molecule has 2 aromatic rings. The van der Waals surface area contributed by atoms with Crippen LogP contribution in [0, 0.1) is 5.82 Å². The summed E-state index contributed by atoms with van der Waals surface area (Å²) in [6, 6.07) is 8.28. The molecule has 2 aliphatic rings. The van der Waals surface area contributed by atoms with Crippen LogP contribution in [0.3, 0.4) is 0 Å². The highest BCUT2D eigenvalue weighted by atomic mass is 32.2. The number of rotatable bonds is 5. The molecule has 4 rings (SSSR count). The van der Waals surface area contributed by atoms with Crippen molar-refractivity contribution in [2.45, 2.75) is 28.7 Å². The number of thiophene rings is 1. The minimum Gasteiger partial charge on any atom is -0.411 e. The Hall–Kier alpha value is -1.97. The first-order valence-electron chi connectivity index (χ1n) is 9.74. The van der Waals surface area contributed by atoms with Gasteiger partial charge in [-0.05, 0) is 55.1 Å². The molecule has 6 nitrogen and oxygen atoms in total. The van der Waals surface area contributed by atoms with Gasteiger partial charge in [-0.1, -0.05) is 5.16 Å². The zero-order chi connectivity index (χ0) is 20.4. The van der Waals surface area contributed by atoms with E-state index in [9.17, 15) is 18.0 Å². The van der Waals surface area contributed by atoms with Gasteiger partial charge in [-0.2, -0.15) is 0 Å². The van der Waals surface area contributed by atoms with Crippen molar-refractivity contribution in [2.24, 2.45) is 5.16 Å². The van der Waals surface area contributed by atoms with Crippen molar-refractivity contribution in [1.82, 2.24) is 4.90 Å². The molecule has 156 valence electrons. The summed E-state index contributed by atoms with van der Waals surface area (Å²) in [5, 5.41) is 13.8. The van der Waals surface area contributed by atoms with Crippen molar-refractivity contribution in [3.05, 3.63) is 47.1 Å². The van der Waals surface area contributed by atoms with Gasteiger partial charge in [-0.25, -0.2) is 12.8 Å². The number of oxime groups is 1. The van der Waals surface area contributed by atoms with E-state index < -0.39 is 15.1 Å². The Labute approximate surface area is 174 Å². The quantitative estimate of drug-likeness (QED) is 0.574. The lowest BCUT2D eigenvalue weighted by atomic mass is 10.1. The Kier molecular flexibility index (Phi) is 5.89. The normalized spacial score (nSPS) is 23.3. The fourth-order valence-corrected chi connectivity index (χ4v) is 7.49. The van der Waals surface area contributed by atoms with Crippen molar-refractivity contribution in [3.8, 4) is 0 Å². The summed E-state index contributed by atoms with van der Waals surface area (Å²) in [5.41, 5.74) is 2.04. The number of halogens is 1. The monoisotopic (exact) mass is 437 g/mol. The third kappa shape index (κ3) is 4.17. The van der Waals surface area contributed by atoms with Gasteiger partial charge >= 0.3 is 0 Å². The van der Waals surface area contributed by atoms with E-state index in [0.717, 1.165) is 44.8 Å². The molecule has 1 aromatic heterocycles. The number of sulfone groups is 1. The molecule has 9 heteroatoms. The van der Waals surface area contributed by atoms with E-state index in [1.54, 1.807) is 23.6 Å². The number of piperazine rings is 1. The maximum Gasteiger partial charge on any atom is 0.191 e. The van der Waals surface area contributed by atoms with E-state index in [4.69, 9.17) is 0 Å². The van der Waals surface area contributed by atoms with E-state index in [0.29, 0.717) is 21.9 Å². The third-order valence-electron chi connectivity index (χ3n) is 5.74. The first-order chi connectivity index (χ1) is 14.0. The summed E-state index contributed by atoms with van der Waals surface area (Å²) in [7, 11) is -3.36. The summed E-state index contributed by atoms with van der Waals surface area (Å²) in [6.07, 6.45) is 1.59. The van der Waals surface area contributed by atoms with E-state index >= 15 is 0 Å². The fourth-order valence-electron chi connectivity index (χ4n) is 4.09. The van der Waals surface area contributed by atoms with Crippen LogP contribution < -0.4 is 4.90 Å². The molecule has 3 heterocycles. The van der Waals surface area contributed by atoms with Crippen molar-refractivity contribution >= 4 is 32.6 Å². The Morgan fingerprint density at radius 1 is 1.14 bits per heavy atom. The van der Waals surface area contributed by atoms with E-state index in [1.165, 1.54) is 23.5 Å². The largest absolute Gasteiger partial charge is 0.411 e. The van der Waals surface area contributed by atoms with Gasteiger partial charge in [0.2, 0.25) is 0 Å². The van der Waals surface area contributed by atoms with E-state index in [2.05, 4.69) is 15.0 Å². The second-order valence-electron chi connectivity index (χ2n) is 7.49. The maximum atomic E-state index is 13.1. The van der Waals surface area contributed by atoms with Crippen LogP contribution in [0.15, 0.2) is 45.1 Å². The van der Waals surface area contributed by atoms with E-state index in [1.807, 2.05) is 0 Å². The second kappa shape index (κ2) is 8.41. The zero-order valence-corrected chi connectivity index (χ0v) is 17.6. The lowest BCUT2D eigenvalue weighted by molar-refractivity contribution is 0.252. The molecule has 0 aliphatic carbocycles. The molecular formula is C20H24FN3O3S2. The molecule has 0 radical (unpaired) electrons. The standard InChI is InChI=1S/C20H24FN3O3S2/c21-15-3-5-16(6-4-15)24-11-9-23(10-12-24)8-1-2-17-14-19(22-25)18-7-13-28-20(18)29(17,26)27/h3-7,13,17,25H,1-2,8-12,14H2. The average molecular weight is 438 g/mol. The first kappa shape index (κ1) is 20.3. The van der Waals surface area contributed by atoms with Crippen LogP contribution in [0.2, 0.25) is 0 Å². The highest BCUT2D eigenvalue weighted by Crippen LogP contribution is 2.36. The molecule has 1 saturated heterocycles. The highest BCUT2D eigenvalue weighted by Gasteiger charge is 2.38. The molecular weight excluding hydrogens is 413 g/mol. The van der Waals surface area contributed by atoms with Crippen molar-refractivity contribution in [2.75, 3.05) is 37.6 Å². The Balaban J connectivity index is 1.29. The lowest BCUT2D eigenvalue weighted by Crippen LogP contribution is -2.46. The highest BCUT2D eigenvalue weighted by molar-refractivity contribution is 7.94. The predicted octanol–water partition coefficient (Wildman–Crippen LogP) is 3.21. The maximum absolute atomic E-state index is 13.1. The van der Waals surface area contributed by atoms with Crippen LogP contribution in [-0.4, -0.2) is 62.2 Å². The minimum atomic E-state index is -3.36. The van der Waals surface area contributed by atoms with Crippen molar-refractivity contribution in [3.63, 3.8) is 0 Å². The SMILES string of the molecule is O=S1(=O)c2sccc2C(=NO)CC1CCCN1CCN(c2ccc(F)cc2)CC1. The summed E-state index contributed by atoms with van der Waals surface area (Å²) in [4.78, 5) is 4.58. The molecule has 1 fully saturated rings. The topological polar surface area (TPSA) is 73.2 Å². The smallest absolute Gasteiger partial charge is 0.191 e. The molecule has 1 atom stereocenters. The number of anilines is 1. The van der Waals surface area contributed by atoms with Crippen LogP contribution in [0.1, 0.15) is 24.8 Å². The van der Waals surface area contributed by atoms with Gasteiger partial charge in [0, 0.05) is 43.9 Å². The van der Waals surface area contributed by atoms with Crippen LogP contribution >= 0.6 is 11.3 Å². The minimum absolute atomic E-state index is 0.228. The number of hydrogen-bond acceptors (Lipinski definition) is 7. The Bertz CT molecular complexity index is 981. The predicted molar refractivity (Wildman–Crippen MR) is 113 cm³/mol. The average Bonchev–Trinajstić information content (AvgIpc) is 3.22. The van der Waals surface area contributed by atoms with Crippen LogP contribution in [0.4, 0.5) is 10.1 Å². The first-order valence-corrected chi connectivity index (χ1v) is 12.2. The Morgan fingerprint density at radius 3 is 2.55 bits per heavy atom. The molecule has 1 aromatic carbocycles. The number of nitrogens with zero attached hydrogens (tertiary/aromatic N) is 3. The number of benzene rings is 1. The summed E-state index contributed by atoms with van der Waals surface area (Å²) >= 11 is 1.20. The van der Waals surface area contributed by atoms with Gasteiger partial charge in [0.25, 0.3) is 0 Å². The van der Waals surface area contributed by atoms with Crippen molar-refractivity contribution in [1.29, 1.82) is 0 Å². The summed E-state index contributed by atoms with van der Waals surface area (Å²) < 4.78 is 39.1. The van der Waals surface area contributed by atoms with Crippen LogP contribution in [-0.2, 0) is 9.84 Å². The van der Waals surface area contributed by atoms with Gasteiger partial charge in [-0.3, -0.25) is 4.90 Å². The van der Waals surface area contributed by atoms with Gasteiger partial charge in [-0.15, -0.1) is 11.3 Å². The van der Waals surface area contributed by atoms with E-state index in [-0.39, 0.29) is 12.2 Å². The van der Waals surface area contributed by atoms with Crippen LogP contribution in [0.25, 0.3) is 0 Å². The molecule has 1 unspecified atom stereocenters. The summed E-state index contributed by atoms with van der Waals surface area (Å²) in [5.74, 6) is -0.228. The molecule has 0 bridgehead atoms. The molecule has 0 spiro atoms. The third-order valence-corrected chi connectivity index (χ3v) is 9.45. The molecule has 1 N–H and O–H groups in total. The number of fused-ring (bicyclic) bond motifs is 1. The molecule has 0 amide bonds. The van der Waals surface area contributed by atoms with Gasteiger partial charge in [0.15, 0.2) is 9.84 Å². The zero-order valence-electron chi connectivity index (χ0n) is 16.0. The van der Waals surface area contributed by atoms with Gasteiger partial charge in [0.1, 0.15) is 10.0 Å². The Morgan fingerprint density at radius 2 is 1.86 bits per heavy atom. The molecule has 0 saturated carbocycles. The fraction of sp³-hybridized carbons (Fsp3) is 0.450. The molecule has 29 heavy (non-hydrogen) atoms. The molecule has 2 aliphatic heterocycles. The van der Waals surface area contributed by atoms with Gasteiger partial charge in [0.05, 0.1) is 11.0 Å². The van der Waals surface area contributed by atoms with Gasteiger partial charge < -0.3 is 10.1 Å². The second-order valence-corrected chi connectivity index (χ2v) is 10.8.